The summed E-state index contributed by atoms with van der Waals surface area (Å²) in [4.78, 5) is 13.1. The highest BCUT2D eigenvalue weighted by molar-refractivity contribution is 5.75. The van der Waals surface area contributed by atoms with E-state index >= 15 is 0 Å². The second kappa shape index (κ2) is 2.56. The van der Waals surface area contributed by atoms with Crippen LogP contribution in [0.1, 0.15) is 26.2 Å². The summed E-state index contributed by atoms with van der Waals surface area (Å²) in [5.74, 6) is 1.22. The number of ketones is 1. The summed E-state index contributed by atoms with van der Waals surface area (Å²) in [6.45, 7) is 4.24. The zero-order valence-electron chi connectivity index (χ0n) is 7.97. The van der Waals surface area contributed by atoms with Crippen LogP contribution in [0.5, 0.6) is 0 Å². The fraction of sp³-hybridized carbons (Fsp3) is 0.900. The summed E-state index contributed by atoms with van der Waals surface area (Å²) in [7, 11) is 2.17. The molecule has 1 saturated heterocycles. The Morgan fingerprint density at radius 3 is 2.75 bits per heavy atom. The molecule has 12 heavy (non-hydrogen) atoms. The van der Waals surface area contributed by atoms with E-state index in [1.165, 1.54) is 19.5 Å². The molecule has 0 aromatic rings. The normalized spacial score (nSPS) is 31.7. The molecule has 1 saturated carbocycles. The van der Waals surface area contributed by atoms with Crippen molar-refractivity contribution in [2.45, 2.75) is 26.2 Å². The molecule has 1 unspecified atom stereocenters. The first-order chi connectivity index (χ1) is 5.62. The van der Waals surface area contributed by atoms with Crippen LogP contribution in [0.15, 0.2) is 0 Å². The molecular weight excluding hydrogens is 150 g/mol. The molecule has 2 nitrogen and oxygen atoms in total. The Balaban J connectivity index is 1.71. The maximum Gasteiger partial charge on any atom is 0.129 e. The maximum absolute atomic E-state index is 10.7. The van der Waals surface area contributed by atoms with Gasteiger partial charge in [-0.15, -0.1) is 0 Å². The fourth-order valence-corrected chi connectivity index (χ4v) is 2.63. The number of hydrogen-bond acceptors (Lipinski definition) is 2. The SMILES string of the molecule is CC(=O)CCC1CC12CN(C)C2. The van der Waals surface area contributed by atoms with Crippen LogP contribution < -0.4 is 0 Å². The topological polar surface area (TPSA) is 20.3 Å². The molecule has 0 bridgehead atoms. The van der Waals surface area contributed by atoms with Crippen molar-refractivity contribution < 1.29 is 4.79 Å². The van der Waals surface area contributed by atoms with E-state index in [9.17, 15) is 4.79 Å². The van der Waals surface area contributed by atoms with Crippen LogP contribution in [0, 0.1) is 11.3 Å². The predicted molar refractivity (Wildman–Crippen MR) is 48.0 cm³/mol. The number of Topliss-reactive ketones (excluding diaryl/α,β-unsaturated/α-hetero) is 1. The minimum absolute atomic E-state index is 0.352. The van der Waals surface area contributed by atoms with Crippen molar-refractivity contribution in [3.63, 3.8) is 0 Å². The van der Waals surface area contributed by atoms with Gasteiger partial charge in [0.15, 0.2) is 0 Å². The van der Waals surface area contributed by atoms with Crippen LogP contribution >= 0.6 is 0 Å². The number of hydrogen-bond donors (Lipinski definition) is 0. The molecule has 1 aliphatic heterocycles. The lowest BCUT2D eigenvalue weighted by atomic mass is 9.92. The van der Waals surface area contributed by atoms with Gasteiger partial charge < -0.3 is 9.69 Å². The number of rotatable bonds is 3. The van der Waals surface area contributed by atoms with Crippen LogP contribution in [0.2, 0.25) is 0 Å². The number of likely N-dealkylation sites (tertiary alicyclic amines) is 1. The standard InChI is InChI=1S/C10H17NO/c1-8(12)3-4-9-5-10(9)6-11(2)7-10/h9H,3-7H2,1-2H3. The molecule has 0 aromatic carbocycles. The smallest absolute Gasteiger partial charge is 0.129 e. The molecule has 1 atom stereocenters. The van der Waals surface area contributed by atoms with Gasteiger partial charge in [-0.05, 0) is 38.1 Å². The summed E-state index contributed by atoms with van der Waals surface area (Å²) in [6, 6.07) is 0. The molecule has 0 aromatic heterocycles. The third-order valence-corrected chi connectivity index (χ3v) is 3.37. The van der Waals surface area contributed by atoms with E-state index in [0.717, 1.165) is 18.8 Å². The van der Waals surface area contributed by atoms with Crippen molar-refractivity contribution in [2.75, 3.05) is 20.1 Å². The monoisotopic (exact) mass is 167 g/mol. The lowest BCUT2D eigenvalue weighted by Gasteiger charge is -2.38. The van der Waals surface area contributed by atoms with Gasteiger partial charge in [-0.3, -0.25) is 0 Å². The van der Waals surface area contributed by atoms with Crippen LogP contribution in [0.4, 0.5) is 0 Å². The average Bonchev–Trinajstić information content (AvgIpc) is 2.58. The lowest BCUT2D eigenvalue weighted by molar-refractivity contribution is -0.117. The van der Waals surface area contributed by atoms with E-state index in [1.54, 1.807) is 6.92 Å². The van der Waals surface area contributed by atoms with E-state index in [2.05, 4.69) is 11.9 Å². The molecular formula is C10H17NO. The van der Waals surface area contributed by atoms with Crippen molar-refractivity contribution in [2.24, 2.45) is 11.3 Å². The summed E-state index contributed by atoms with van der Waals surface area (Å²) >= 11 is 0. The quantitative estimate of drug-likeness (QED) is 0.631. The lowest BCUT2D eigenvalue weighted by Crippen LogP contribution is -2.46. The Kier molecular flexibility index (Phi) is 1.76. The van der Waals surface area contributed by atoms with Crippen LogP contribution in [-0.2, 0) is 4.79 Å². The van der Waals surface area contributed by atoms with E-state index in [0.29, 0.717) is 11.2 Å². The minimum atomic E-state index is 0.352. The molecule has 1 aliphatic carbocycles. The fourth-order valence-electron chi connectivity index (χ4n) is 2.63. The van der Waals surface area contributed by atoms with Crippen molar-refractivity contribution in [3.05, 3.63) is 0 Å². The molecule has 0 N–H and O–H groups in total. The zero-order valence-corrected chi connectivity index (χ0v) is 7.97. The van der Waals surface area contributed by atoms with Gasteiger partial charge in [0.05, 0.1) is 0 Å². The minimum Gasteiger partial charge on any atom is -0.305 e. The van der Waals surface area contributed by atoms with Crippen molar-refractivity contribution in [1.29, 1.82) is 0 Å². The summed E-state index contributed by atoms with van der Waals surface area (Å²) < 4.78 is 0. The first kappa shape index (κ1) is 8.24. The Morgan fingerprint density at radius 1 is 1.58 bits per heavy atom. The van der Waals surface area contributed by atoms with Gasteiger partial charge >= 0.3 is 0 Å². The molecule has 0 amide bonds. The molecule has 0 radical (unpaired) electrons. The van der Waals surface area contributed by atoms with Gasteiger partial charge in [-0.2, -0.15) is 0 Å². The Bertz CT molecular complexity index is 206. The number of nitrogens with zero attached hydrogens (tertiary/aromatic N) is 1. The summed E-state index contributed by atoms with van der Waals surface area (Å²) in [6.07, 6.45) is 3.32. The van der Waals surface area contributed by atoms with Crippen LogP contribution in [-0.4, -0.2) is 30.8 Å². The Labute approximate surface area is 73.9 Å². The van der Waals surface area contributed by atoms with Crippen molar-refractivity contribution in [1.82, 2.24) is 4.90 Å². The van der Waals surface area contributed by atoms with Gasteiger partial charge in [0, 0.05) is 19.5 Å². The van der Waals surface area contributed by atoms with Crippen LogP contribution in [0.25, 0.3) is 0 Å². The van der Waals surface area contributed by atoms with Gasteiger partial charge in [0.2, 0.25) is 0 Å². The Hall–Kier alpha value is -0.370. The van der Waals surface area contributed by atoms with E-state index in [-0.39, 0.29) is 0 Å². The third-order valence-electron chi connectivity index (χ3n) is 3.37. The molecule has 2 heteroatoms. The second-order valence-corrected chi connectivity index (χ2v) is 4.68. The zero-order chi connectivity index (χ0) is 8.77. The van der Waals surface area contributed by atoms with Crippen LogP contribution in [0.3, 0.4) is 0 Å². The van der Waals surface area contributed by atoms with Crippen molar-refractivity contribution >= 4 is 5.78 Å². The molecule has 2 aliphatic rings. The van der Waals surface area contributed by atoms with Crippen molar-refractivity contribution in [3.8, 4) is 0 Å². The van der Waals surface area contributed by atoms with Gasteiger partial charge in [0.25, 0.3) is 0 Å². The number of carbonyl (C=O) groups is 1. The average molecular weight is 167 g/mol. The maximum atomic E-state index is 10.7. The molecule has 2 rings (SSSR count). The first-order valence-electron chi connectivity index (χ1n) is 4.80. The van der Waals surface area contributed by atoms with Gasteiger partial charge in [-0.25, -0.2) is 0 Å². The van der Waals surface area contributed by atoms with E-state index in [4.69, 9.17) is 0 Å². The second-order valence-electron chi connectivity index (χ2n) is 4.68. The molecule has 68 valence electrons. The molecule has 1 heterocycles. The third kappa shape index (κ3) is 1.28. The molecule has 2 fully saturated rings. The van der Waals surface area contributed by atoms with Gasteiger partial charge in [-0.1, -0.05) is 0 Å². The summed E-state index contributed by atoms with van der Waals surface area (Å²) in [5, 5.41) is 0. The van der Waals surface area contributed by atoms with E-state index in [1.807, 2.05) is 0 Å². The summed E-state index contributed by atoms with van der Waals surface area (Å²) in [5.41, 5.74) is 0.671. The Morgan fingerprint density at radius 2 is 2.25 bits per heavy atom. The molecule has 1 spiro atoms. The predicted octanol–water partition coefficient (Wildman–Crippen LogP) is 1.31. The van der Waals surface area contributed by atoms with E-state index < -0.39 is 0 Å². The highest BCUT2D eigenvalue weighted by atomic mass is 16.1. The van der Waals surface area contributed by atoms with Gasteiger partial charge in [0.1, 0.15) is 5.78 Å². The highest BCUT2D eigenvalue weighted by Gasteiger charge is 2.59. The first-order valence-corrected chi connectivity index (χ1v) is 4.80. The largest absolute Gasteiger partial charge is 0.305 e. The highest BCUT2D eigenvalue weighted by Crippen LogP contribution is 2.60. The number of carbonyl (C=O) groups excluding carboxylic acids is 1.